The summed E-state index contributed by atoms with van der Waals surface area (Å²) in [7, 11) is 3.90. The number of rotatable bonds is 7. The van der Waals surface area contributed by atoms with Crippen LogP contribution < -0.4 is 5.32 Å². The molecule has 114 valence electrons. The van der Waals surface area contributed by atoms with Crippen molar-refractivity contribution in [1.29, 1.82) is 0 Å². The lowest BCUT2D eigenvalue weighted by Crippen LogP contribution is -2.45. The lowest BCUT2D eigenvalue weighted by atomic mass is 9.82. The Bertz CT molecular complexity index is 385. The van der Waals surface area contributed by atoms with E-state index in [1.807, 2.05) is 20.4 Å². The quantitative estimate of drug-likeness (QED) is 0.834. The van der Waals surface area contributed by atoms with Gasteiger partial charge >= 0.3 is 0 Å². The highest BCUT2D eigenvalue weighted by Crippen LogP contribution is 2.30. The van der Waals surface area contributed by atoms with Crippen LogP contribution in [-0.4, -0.2) is 35.9 Å². The summed E-state index contributed by atoms with van der Waals surface area (Å²) in [5.74, 6) is 1.85. The van der Waals surface area contributed by atoms with E-state index in [0.29, 0.717) is 18.1 Å². The predicted octanol–water partition coefficient (Wildman–Crippen LogP) is 2.63. The molecule has 0 aliphatic heterocycles. The fourth-order valence-electron chi connectivity index (χ4n) is 3.55. The molecule has 0 saturated heterocycles. The van der Waals surface area contributed by atoms with E-state index >= 15 is 0 Å². The van der Waals surface area contributed by atoms with Crippen LogP contribution in [0.5, 0.6) is 0 Å². The van der Waals surface area contributed by atoms with Gasteiger partial charge in [-0.05, 0) is 32.7 Å². The second-order valence-corrected chi connectivity index (χ2v) is 5.83. The number of hydrogen-bond acceptors (Lipinski definition) is 3. The van der Waals surface area contributed by atoms with Gasteiger partial charge in [-0.15, -0.1) is 0 Å². The minimum Gasteiger partial charge on any atom is -0.380 e. The molecule has 20 heavy (non-hydrogen) atoms. The molecule has 0 bridgehead atoms. The van der Waals surface area contributed by atoms with Gasteiger partial charge in [-0.2, -0.15) is 0 Å². The maximum Gasteiger partial charge on any atom is 0.110 e. The van der Waals surface area contributed by atoms with Gasteiger partial charge in [-0.3, -0.25) is 0 Å². The molecule has 2 unspecified atom stereocenters. The molecule has 0 spiro atoms. The molecule has 4 heteroatoms. The van der Waals surface area contributed by atoms with Crippen molar-refractivity contribution in [2.24, 2.45) is 5.92 Å². The molecule has 1 aliphatic rings. The Hall–Kier alpha value is -0.870. The van der Waals surface area contributed by atoms with E-state index in [2.05, 4.69) is 28.0 Å². The number of nitrogens with one attached hydrogen (secondary N) is 1. The van der Waals surface area contributed by atoms with Gasteiger partial charge in [0.2, 0.25) is 0 Å². The van der Waals surface area contributed by atoms with Crippen molar-refractivity contribution >= 4 is 0 Å². The van der Waals surface area contributed by atoms with Crippen LogP contribution >= 0.6 is 0 Å². The number of hydrogen-bond donors (Lipinski definition) is 1. The largest absolute Gasteiger partial charge is 0.380 e. The summed E-state index contributed by atoms with van der Waals surface area (Å²) in [6, 6.07) is 0.343. The van der Waals surface area contributed by atoms with E-state index in [9.17, 15) is 0 Å². The molecule has 0 radical (unpaired) electrons. The highest BCUT2D eigenvalue weighted by molar-refractivity contribution is 4.98. The first-order valence-corrected chi connectivity index (χ1v) is 8.00. The molecule has 4 nitrogen and oxygen atoms in total. The summed E-state index contributed by atoms with van der Waals surface area (Å²) in [4.78, 5) is 4.50. The summed E-state index contributed by atoms with van der Waals surface area (Å²) in [6.45, 7) is 3.14. The van der Waals surface area contributed by atoms with Gasteiger partial charge in [0.15, 0.2) is 0 Å². The molecular weight excluding hydrogens is 250 g/mol. The number of methoxy groups -OCH3 is 1. The lowest BCUT2D eigenvalue weighted by Gasteiger charge is -2.34. The zero-order valence-electron chi connectivity index (χ0n) is 13.1. The highest BCUT2D eigenvalue weighted by Gasteiger charge is 2.30. The molecule has 1 aromatic rings. The first-order chi connectivity index (χ1) is 9.80. The van der Waals surface area contributed by atoms with Gasteiger partial charge < -0.3 is 14.6 Å². The molecular formula is C16H29N3O. The van der Waals surface area contributed by atoms with E-state index in [0.717, 1.165) is 18.8 Å². The van der Waals surface area contributed by atoms with Gasteiger partial charge in [-0.25, -0.2) is 4.98 Å². The van der Waals surface area contributed by atoms with Gasteiger partial charge in [0.25, 0.3) is 0 Å². The third-order valence-corrected chi connectivity index (χ3v) is 4.70. The third-order valence-electron chi connectivity index (χ3n) is 4.70. The van der Waals surface area contributed by atoms with E-state index in [4.69, 9.17) is 4.74 Å². The van der Waals surface area contributed by atoms with Crippen molar-refractivity contribution in [2.45, 2.75) is 64.1 Å². The topological polar surface area (TPSA) is 39.1 Å². The maximum atomic E-state index is 5.87. The van der Waals surface area contributed by atoms with E-state index in [1.165, 1.54) is 32.1 Å². The van der Waals surface area contributed by atoms with Crippen molar-refractivity contribution < 1.29 is 4.74 Å². The van der Waals surface area contributed by atoms with Crippen molar-refractivity contribution in [1.82, 2.24) is 14.9 Å². The van der Waals surface area contributed by atoms with Crippen molar-refractivity contribution in [3.8, 4) is 0 Å². The predicted molar refractivity (Wildman–Crippen MR) is 81.8 cm³/mol. The number of ether oxygens (including phenoxy) is 1. The van der Waals surface area contributed by atoms with Crippen LogP contribution in [0.3, 0.4) is 0 Å². The summed E-state index contributed by atoms with van der Waals surface area (Å²) >= 11 is 0. The molecule has 0 amide bonds. The normalized spacial score (nSPS) is 19.9. The Labute approximate surface area is 122 Å². The van der Waals surface area contributed by atoms with Crippen molar-refractivity contribution in [2.75, 3.05) is 14.2 Å². The Morgan fingerprint density at radius 3 is 2.75 bits per heavy atom. The summed E-state index contributed by atoms with van der Waals surface area (Å²) < 4.78 is 8.09. The smallest absolute Gasteiger partial charge is 0.110 e. The number of likely N-dealkylation sites (N-methyl/N-ethyl adjacent to an activating group) is 1. The SMILES string of the molecule is CCn1ccnc1CC(NC)C(OC)C1CCCCC1. The van der Waals surface area contributed by atoms with Gasteiger partial charge in [0, 0.05) is 38.5 Å². The molecule has 2 rings (SSSR count). The molecule has 1 aliphatic carbocycles. The van der Waals surface area contributed by atoms with E-state index in [-0.39, 0.29) is 0 Å². The average Bonchev–Trinajstić information content (AvgIpc) is 2.95. The minimum absolute atomic E-state index is 0.294. The first kappa shape index (κ1) is 15.5. The number of nitrogens with zero attached hydrogens (tertiary/aromatic N) is 2. The lowest BCUT2D eigenvalue weighted by molar-refractivity contribution is 0.00952. The van der Waals surface area contributed by atoms with Crippen LogP contribution in [0.1, 0.15) is 44.9 Å². The van der Waals surface area contributed by atoms with E-state index < -0.39 is 0 Å². The van der Waals surface area contributed by atoms with Crippen LogP contribution in [0.25, 0.3) is 0 Å². The third kappa shape index (κ3) is 3.61. The van der Waals surface area contributed by atoms with Gasteiger partial charge in [-0.1, -0.05) is 19.3 Å². The zero-order valence-corrected chi connectivity index (χ0v) is 13.1. The van der Waals surface area contributed by atoms with Crippen LogP contribution in [0, 0.1) is 5.92 Å². The molecule has 1 fully saturated rings. The Morgan fingerprint density at radius 1 is 1.40 bits per heavy atom. The molecule has 2 atom stereocenters. The average molecular weight is 279 g/mol. The standard InChI is InChI=1S/C16H29N3O/c1-4-19-11-10-18-15(19)12-14(17-2)16(20-3)13-8-6-5-7-9-13/h10-11,13-14,16-17H,4-9,12H2,1-3H3. The van der Waals surface area contributed by atoms with Crippen molar-refractivity contribution in [3.63, 3.8) is 0 Å². The Kier molecular flexibility index (Phi) is 6.05. The van der Waals surface area contributed by atoms with Crippen LogP contribution in [0.15, 0.2) is 12.4 Å². The fraction of sp³-hybridized carbons (Fsp3) is 0.812. The number of imidazole rings is 1. The second-order valence-electron chi connectivity index (χ2n) is 5.83. The van der Waals surface area contributed by atoms with Crippen LogP contribution in [0.4, 0.5) is 0 Å². The summed E-state index contributed by atoms with van der Waals surface area (Å²) in [6.07, 6.45) is 11.9. The summed E-state index contributed by atoms with van der Waals surface area (Å²) in [5, 5.41) is 3.46. The molecule has 1 saturated carbocycles. The minimum atomic E-state index is 0.294. The zero-order chi connectivity index (χ0) is 14.4. The molecule has 0 aromatic carbocycles. The maximum absolute atomic E-state index is 5.87. The van der Waals surface area contributed by atoms with E-state index in [1.54, 1.807) is 0 Å². The molecule has 1 aromatic heterocycles. The first-order valence-electron chi connectivity index (χ1n) is 8.00. The Balaban J connectivity index is 2.04. The monoisotopic (exact) mass is 279 g/mol. The number of aryl methyl sites for hydroxylation is 1. The van der Waals surface area contributed by atoms with Crippen molar-refractivity contribution in [3.05, 3.63) is 18.2 Å². The summed E-state index contributed by atoms with van der Waals surface area (Å²) in [5.41, 5.74) is 0. The van der Waals surface area contributed by atoms with Gasteiger partial charge in [0.05, 0.1) is 6.10 Å². The van der Waals surface area contributed by atoms with Gasteiger partial charge in [0.1, 0.15) is 5.82 Å². The molecule has 1 heterocycles. The highest BCUT2D eigenvalue weighted by atomic mass is 16.5. The van der Waals surface area contributed by atoms with Crippen LogP contribution in [-0.2, 0) is 17.7 Å². The second kappa shape index (κ2) is 7.79. The van der Waals surface area contributed by atoms with Crippen LogP contribution in [0.2, 0.25) is 0 Å². The molecule has 1 N–H and O–H groups in total. The number of aromatic nitrogens is 2. The fourth-order valence-corrected chi connectivity index (χ4v) is 3.55. The Morgan fingerprint density at radius 2 is 2.15 bits per heavy atom.